The van der Waals surface area contributed by atoms with Gasteiger partial charge < -0.3 is 25.6 Å². The van der Waals surface area contributed by atoms with Gasteiger partial charge in [0.05, 0.1) is 6.07 Å². The molecule has 1 aromatic rings. The number of nitrogens with zero attached hydrogens (tertiary/aromatic N) is 3. The number of nitrogens with one attached hydrogen (secondary N) is 3. The Morgan fingerprint density at radius 2 is 1.95 bits per heavy atom. The van der Waals surface area contributed by atoms with E-state index in [0.29, 0.717) is 19.5 Å². The van der Waals surface area contributed by atoms with Crippen LogP contribution in [0.25, 0.3) is 0 Å². The van der Waals surface area contributed by atoms with Crippen molar-refractivity contribution in [3.05, 3.63) is 30.1 Å². The van der Waals surface area contributed by atoms with Crippen LogP contribution in [0.15, 0.2) is 24.5 Å². The van der Waals surface area contributed by atoms with E-state index in [9.17, 15) is 24.4 Å². The quantitative estimate of drug-likeness (QED) is 0.457. The van der Waals surface area contributed by atoms with Crippen molar-refractivity contribution in [2.24, 2.45) is 23.2 Å². The summed E-state index contributed by atoms with van der Waals surface area (Å²) < 4.78 is 5.36. The molecule has 11 heteroatoms. The maximum absolute atomic E-state index is 14.0. The zero-order chi connectivity index (χ0) is 28.2. The molecule has 210 valence electrons. The summed E-state index contributed by atoms with van der Waals surface area (Å²) in [6.07, 6.45) is 6.06. The van der Waals surface area contributed by atoms with E-state index < -0.39 is 29.6 Å². The third kappa shape index (κ3) is 6.67. The van der Waals surface area contributed by atoms with Gasteiger partial charge >= 0.3 is 6.09 Å². The van der Waals surface area contributed by atoms with Gasteiger partial charge in [0.15, 0.2) is 0 Å². The van der Waals surface area contributed by atoms with Gasteiger partial charge in [-0.05, 0) is 60.6 Å². The fraction of sp³-hybridized carbons (Fsp3) is 0.643. The Labute approximate surface area is 229 Å². The number of nitriles is 1. The highest BCUT2D eigenvalue weighted by molar-refractivity contribution is 5.93. The number of carbonyl (C=O) groups is 4. The molecule has 0 bridgehead atoms. The van der Waals surface area contributed by atoms with Crippen molar-refractivity contribution in [2.75, 3.05) is 13.1 Å². The Hall–Kier alpha value is -3.68. The predicted molar refractivity (Wildman–Crippen MR) is 140 cm³/mol. The first-order valence-corrected chi connectivity index (χ1v) is 13.7. The Kier molecular flexibility index (Phi) is 8.73. The van der Waals surface area contributed by atoms with Crippen molar-refractivity contribution < 1.29 is 23.9 Å². The van der Waals surface area contributed by atoms with Crippen molar-refractivity contribution >= 4 is 23.8 Å². The molecule has 1 aliphatic carbocycles. The lowest BCUT2D eigenvalue weighted by molar-refractivity contribution is -0.143. The van der Waals surface area contributed by atoms with E-state index in [1.165, 1.54) is 0 Å². The lowest BCUT2D eigenvalue weighted by Gasteiger charge is -2.36. The zero-order valence-corrected chi connectivity index (χ0v) is 22.8. The second kappa shape index (κ2) is 12.0. The Bertz CT molecular complexity index is 1110. The van der Waals surface area contributed by atoms with E-state index >= 15 is 0 Å². The van der Waals surface area contributed by atoms with Gasteiger partial charge in [-0.1, -0.05) is 27.2 Å². The highest BCUT2D eigenvalue weighted by Gasteiger charge is 2.52. The molecule has 3 fully saturated rings. The van der Waals surface area contributed by atoms with E-state index in [1.54, 1.807) is 29.4 Å². The van der Waals surface area contributed by atoms with Crippen LogP contribution in [-0.4, -0.2) is 64.9 Å². The lowest BCUT2D eigenvalue weighted by atomic mass is 9.85. The molecule has 0 spiro atoms. The SMILES string of the molecule is CC(C)(C)[C@H](NC(=O)OCc1ccncc1)C(=O)N1C[C@@H]2CCC[C@@H]2[C@H]1C(=O)N[C@H](C#N)C[C@@H]1CCNC1=O. The summed E-state index contributed by atoms with van der Waals surface area (Å²) in [6, 6.07) is 3.09. The summed E-state index contributed by atoms with van der Waals surface area (Å²) >= 11 is 0. The molecule has 0 aromatic carbocycles. The summed E-state index contributed by atoms with van der Waals surface area (Å²) in [5, 5.41) is 18.0. The van der Waals surface area contributed by atoms with Gasteiger partial charge in [0.25, 0.3) is 0 Å². The maximum Gasteiger partial charge on any atom is 0.408 e. The molecule has 4 amide bonds. The summed E-state index contributed by atoms with van der Waals surface area (Å²) in [5.41, 5.74) is 0.112. The first kappa shape index (κ1) is 28.3. The minimum Gasteiger partial charge on any atom is -0.445 e. The number of ether oxygens (including phenoxy) is 1. The second-order valence-corrected chi connectivity index (χ2v) is 11.9. The van der Waals surface area contributed by atoms with Crippen molar-refractivity contribution in [1.29, 1.82) is 5.26 Å². The summed E-state index contributed by atoms with van der Waals surface area (Å²) in [5.74, 6) is -0.972. The average Bonchev–Trinajstić information content (AvgIpc) is 3.61. The minimum atomic E-state index is -0.925. The molecule has 6 atom stereocenters. The van der Waals surface area contributed by atoms with Crippen molar-refractivity contribution in [3.8, 4) is 6.07 Å². The number of amides is 4. The van der Waals surface area contributed by atoms with Gasteiger partial charge in [-0.2, -0.15) is 5.26 Å². The number of fused-ring (bicyclic) bond motifs is 1. The van der Waals surface area contributed by atoms with Crippen LogP contribution in [-0.2, 0) is 25.7 Å². The second-order valence-electron chi connectivity index (χ2n) is 11.9. The average molecular weight is 539 g/mol. The number of rotatable bonds is 8. The van der Waals surface area contributed by atoms with Gasteiger partial charge in [0, 0.05) is 31.4 Å². The van der Waals surface area contributed by atoms with E-state index in [1.807, 2.05) is 20.8 Å². The number of likely N-dealkylation sites (tertiary alicyclic amines) is 1. The monoisotopic (exact) mass is 538 g/mol. The third-order valence-corrected chi connectivity index (χ3v) is 8.09. The normalized spacial score (nSPS) is 25.7. The van der Waals surface area contributed by atoms with Crippen molar-refractivity contribution in [2.45, 2.75) is 77.6 Å². The van der Waals surface area contributed by atoms with E-state index in [4.69, 9.17) is 4.74 Å². The molecule has 4 rings (SSSR count). The van der Waals surface area contributed by atoms with Gasteiger partial charge in [-0.3, -0.25) is 19.4 Å². The lowest BCUT2D eigenvalue weighted by Crippen LogP contribution is -2.59. The summed E-state index contributed by atoms with van der Waals surface area (Å²) in [4.78, 5) is 57.8. The van der Waals surface area contributed by atoms with Gasteiger partial charge in [0.2, 0.25) is 17.7 Å². The molecule has 3 aliphatic rings. The number of hydrogen-bond donors (Lipinski definition) is 3. The first-order valence-electron chi connectivity index (χ1n) is 13.7. The fourth-order valence-corrected chi connectivity index (χ4v) is 6.03. The van der Waals surface area contributed by atoms with Crippen LogP contribution >= 0.6 is 0 Å². The predicted octanol–water partition coefficient (Wildman–Crippen LogP) is 1.88. The standard InChI is InChI=1S/C28H38N6O5/c1-28(2,3)23(33-27(38)39-16-17-7-10-30-11-8-17)26(37)34-15-19-5-4-6-21(19)22(34)25(36)32-20(14-29)13-18-9-12-31-24(18)35/h7-8,10-11,18-23H,4-6,9,12-13,15-16H2,1-3H3,(H,31,35)(H,32,36)(H,33,38)/t18-,19-,20-,21-,22-,23+/m0/s1. The summed E-state index contributed by atoms with van der Waals surface area (Å²) in [7, 11) is 0. The third-order valence-electron chi connectivity index (χ3n) is 8.09. The molecule has 2 aliphatic heterocycles. The first-order chi connectivity index (χ1) is 18.6. The number of carbonyl (C=O) groups excluding carboxylic acids is 4. The van der Waals surface area contributed by atoms with Crippen LogP contribution in [0.1, 0.15) is 58.4 Å². The molecule has 39 heavy (non-hydrogen) atoms. The molecule has 11 nitrogen and oxygen atoms in total. The van der Waals surface area contributed by atoms with Crippen LogP contribution in [0.4, 0.5) is 4.79 Å². The maximum atomic E-state index is 14.0. The molecular weight excluding hydrogens is 500 g/mol. The van der Waals surface area contributed by atoms with Gasteiger partial charge in [0.1, 0.15) is 24.7 Å². The minimum absolute atomic E-state index is 0.0117. The molecule has 3 heterocycles. The number of aromatic nitrogens is 1. The van der Waals surface area contributed by atoms with E-state index in [2.05, 4.69) is 27.0 Å². The smallest absolute Gasteiger partial charge is 0.408 e. The molecule has 1 saturated carbocycles. The Morgan fingerprint density at radius 3 is 2.59 bits per heavy atom. The van der Waals surface area contributed by atoms with Crippen LogP contribution in [0.5, 0.6) is 0 Å². The van der Waals surface area contributed by atoms with Crippen molar-refractivity contribution in [1.82, 2.24) is 25.8 Å². The van der Waals surface area contributed by atoms with E-state index in [-0.39, 0.29) is 48.5 Å². The molecule has 2 saturated heterocycles. The zero-order valence-electron chi connectivity index (χ0n) is 22.8. The molecule has 3 N–H and O–H groups in total. The van der Waals surface area contributed by atoms with Crippen molar-refractivity contribution in [3.63, 3.8) is 0 Å². The Balaban J connectivity index is 1.47. The van der Waals surface area contributed by atoms with Crippen LogP contribution in [0.3, 0.4) is 0 Å². The molecule has 0 unspecified atom stereocenters. The molecular formula is C28H38N6O5. The number of alkyl carbamates (subject to hydrolysis) is 1. The highest BCUT2D eigenvalue weighted by Crippen LogP contribution is 2.43. The molecule has 0 radical (unpaired) electrons. The van der Waals surface area contributed by atoms with Gasteiger partial charge in [-0.25, -0.2) is 4.79 Å². The fourth-order valence-electron chi connectivity index (χ4n) is 6.03. The number of pyridine rings is 1. The number of hydrogen-bond acceptors (Lipinski definition) is 7. The van der Waals surface area contributed by atoms with Crippen LogP contribution in [0, 0.1) is 34.5 Å². The van der Waals surface area contributed by atoms with E-state index in [0.717, 1.165) is 24.8 Å². The molecule has 1 aromatic heterocycles. The topological polar surface area (TPSA) is 154 Å². The summed E-state index contributed by atoms with van der Waals surface area (Å²) in [6.45, 7) is 6.57. The van der Waals surface area contributed by atoms with Gasteiger partial charge in [-0.15, -0.1) is 0 Å². The largest absolute Gasteiger partial charge is 0.445 e. The van der Waals surface area contributed by atoms with Crippen LogP contribution < -0.4 is 16.0 Å². The highest BCUT2D eigenvalue weighted by atomic mass is 16.5. The Morgan fingerprint density at radius 1 is 1.21 bits per heavy atom. The van der Waals surface area contributed by atoms with Crippen LogP contribution in [0.2, 0.25) is 0 Å².